The molecule has 0 radical (unpaired) electrons. The van der Waals surface area contributed by atoms with Crippen LogP contribution in [0.5, 0.6) is 0 Å². The highest BCUT2D eigenvalue weighted by molar-refractivity contribution is 6.68. The van der Waals surface area contributed by atoms with Crippen LogP contribution < -0.4 is 27.3 Å². The molecule has 0 aliphatic carbocycles. The van der Waals surface area contributed by atoms with E-state index in [9.17, 15) is 5.11 Å². The van der Waals surface area contributed by atoms with Crippen molar-refractivity contribution in [2.75, 3.05) is 0 Å². The molecule has 8 aromatic rings. The van der Waals surface area contributed by atoms with Crippen LogP contribution in [0, 0.1) is 0 Å². The Morgan fingerprint density at radius 3 is 1.72 bits per heavy atom. The molecule has 1 unspecified atom stereocenters. The molecule has 0 saturated carbocycles. The molecule has 0 amide bonds. The second-order valence-corrected chi connectivity index (χ2v) is 16.0. The molecular weight excluding hydrogens is 634 g/mol. The van der Waals surface area contributed by atoms with Gasteiger partial charge in [0.25, 0.3) is 0 Å². The van der Waals surface area contributed by atoms with E-state index in [1.54, 1.807) is 0 Å². The van der Waals surface area contributed by atoms with E-state index in [2.05, 4.69) is 177 Å². The smallest absolute Gasteiger partial charge is 0.150 e. The summed E-state index contributed by atoms with van der Waals surface area (Å²) in [4.78, 5) is 5.14. The van der Waals surface area contributed by atoms with Crippen molar-refractivity contribution in [3.05, 3.63) is 127 Å². The number of benzene rings is 7. The second kappa shape index (κ2) is 12.9. The van der Waals surface area contributed by atoms with Crippen LogP contribution in [0.1, 0.15) is 5.82 Å². The molecule has 3 nitrogen and oxygen atoms in total. The Morgan fingerprint density at radius 1 is 0.491 bits per heavy atom. The van der Waals surface area contributed by atoms with Crippen LogP contribution in [0.15, 0.2) is 121 Å². The summed E-state index contributed by atoms with van der Waals surface area (Å²) in [6.07, 6.45) is 0. The Balaban J connectivity index is 1.53. The minimum atomic E-state index is -1.23. The molecule has 1 aromatic heterocycles. The third-order valence-corrected chi connectivity index (χ3v) is 12.2. The number of hydrogen-bond donors (Lipinski definition) is 1. The third kappa shape index (κ3) is 5.48. The van der Waals surface area contributed by atoms with E-state index in [-0.39, 0.29) is 0 Å². The highest BCUT2D eigenvalue weighted by Gasteiger charge is 2.41. The van der Waals surface area contributed by atoms with Crippen LogP contribution in [0.4, 0.5) is 0 Å². The largest absolute Gasteiger partial charge is 0.393 e. The maximum absolute atomic E-state index is 12.3. The van der Waals surface area contributed by atoms with Gasteiger partial charge in [-0.05, 0) is 73.6 Å². The topological polar surface area (TPSA) is 38.0 Å². The van der Waals surface area contributed by atoms with Gasteiger partial charge >= 0.3 is 0 Å². The summed E-state index contributed by atoms with van der Waals surface area (Å²) in [5.74, 6) is 0.631. The molecule has 7 aromatic carbocycles. The lowest BCUT2D eigenvalue weighted by molar-refractivity contribution is 0.118. The molecule has 0 spiro atoms. The van der Waals surface area contributed by atoms with Crippen LogP contribution >= 0.6 is 0 Å². The zero-order valence-electron chi connectivity index (χ0n) is 32.4. The van der Waals surface area contributed by atoms with Gasteiger partial charge in [-0.15, -0.1) is 16.4 Å². The first kappa shape index (κ1) is 35.1. The van der Waals surface area contributed by atoms with Gasteiger partial charge in [-0.1, -0.05) is 113 Å². The van der Waals surface area contributed by atoms with Crippen LogP contribution in [-0.2, 0) is 5.50 Å². The average molecular weight is 673 g/mol. The lowest BCUT2D eigenvalue weighted by atomic mass is 9.32. The van der Waals surface area contributed by atoms with E-state index in [1.807, 2.05) is 20.0 Å². The second-order valence-electron chi connectivity index (χ2n) is 16.0. The first-order valence-corrected chi connectivity index (χ1v) is 18.7. The quantitative estimate of drug-likeness (QED) is 0.155. The molecule has 12 heteroatoms. The Labute approximate surface area is 320 Å². The van der Waals surface area contributed by atoms with Gasteiger partial charge < -0.3 is 5.11 Å². The van der Waals surface area contributed by atoms with Gasteiger partial charge in [0.2, 0.25) is 0 Å². The Bertz CT molecular complexity index is 2730. The summed E-state index contributed by atoms with van der Waals surface area (Å²) >= 11 is 0. The van der Waals surface area contributed by atoms with Gasteiger partial charge in [0.05, 0.1) is 45.8 Å². The van der Waals surface area contributed by atoms with E-state index in [4.69, 9.17) is 4.98 Å². The van der Waals surface area contributed by atoms with Crippen LogP contribution in [0.25, 0.3) is 71.6 Å². The molecule has 1 heterocycles. The SMILES string of the molecule is Bc1c(B)c(B)c(-c2ccc3c(-c4ccccc4-n4c(C(B)(O)C(B)(B)B)nc5ccccc54)c4ccccc4c(-c4ccccc4)c3c2)c(B)c1B. The first-order chi connectivity index (χ1) is 25.3. The number of imidazole rings is 1. The summed E-state index contributed by atoms with van der Waals surface area (Å²) in [5.41, 5.74) is 15.6. The van der Waals surface area contributed by atoms with Gasteiger partial charge in [-0.2, -0.15) is 0 Å². The molecule has 0 fully saturated rings. The Morgan fingerprint density at radius 2 is 1.04 bits per heavy atom. The lowest BCUT2D eigenvalue weighted by Gasteiger charge is -2.37. The van der Waals surface area contributed by atoms with Gasteiger partial charge in [-0.3, -0.25) is 4.57 Å². The van der Waals surface area contributed by atoms with Crippen molar-refractivity contribution >= 4 is 131 Å². The Hall–Kier alpha value is -4.93. The molecule has 1 N–H and O–H groups in total. The predicted octanol–water partition coefficient (Wildman–Crippen LogP) is -2.62. The number of para-hydroxylation sites is 3. The minimum absolute atomic E-state index is 0.475. The number of fused-ring (bicyclic) bond motifs is 3. The number of aromatic nitrogens is 2. The molecule has 0 bridgehead atoms. The van der Waals surface area contributed by atoms with Gasteiger partial charge in [0.15, 0.2) is 7.85 Å². The van der Waals surface area contributed by atoms with E-state index in [0.717, 1.165) is 22.3 Å². The fourth-order valence-electron chi connectivity index (χ4n) is 8.28. The predicted molar refractivity (Wildman–Crippen MR) is 254 cm³/mol. The highest BCUT2D eigenvalue weighted by Crippen LogP contribution is 2.47. The van der Waals surface area contributed by atoms with Crippen molar-refractivity contribution in [3.8, 4) is 39.1 Å². The molecule has 8 rings (SSSR count). The van der Waals surface area contributed by atoms with E-state index in [0.29, 0.717) is 5.82 Å². The van der Waals surface area contributed by atoms with Crippen LogP contribution in [0.2, 0.25) is 5.11 Å². The fraction of sp³-hybridized carbons (Fsp3) is 0.0488. The van der Waals surface area contributed by atoms with E-state index >= 15 is 0 Å². The fourth-order valence-corrected chi connectivity index (χ4v) is 8.28. The summed E-state index contributed by atoms with van der Waals surface area (Å²) in [6.45, 7) is 0. The maximum atomic E-state index is 12.3. The zero-order valence-corrected chi connectivity index (χ0v) is 32.4. The number of hydrogen-bond acceptors (Lipinski definition) is 2. The Kier molecular flexibility index (Phi) is 8.54. The third-order valence-electron chi connectivity index (χ3n) is 12.2. The van der Waals surface area contributed by atoms with Gasteiger partial charge in [0.1, 0.15) is 45.1 Å². The summed E-state index contributed by atoms with van der Waals surface area (Å²) in [5, 5.41) is 16.6. The number of aliphatic hydroxyl groups is 1. The standard InChI is InChI=1S/C41H39B9N2O/c42-34-32(35(43)37(45)38(46)36(34)44)22-18-19-25-27(20-22)31(21-10-2-1-3-11-21)23-12-4-5-13-24(23)33(25)26-14-6-8-16-29(26)52-30-17-9-7-15-28(30)51-39(52)40(47,53)41(48,49)50/h1-20,53H,42-50H2. The van der Waals surface area contributed by atoms with Gasteiger partial charge in [-0.25, -0.2) is 4.98 Å². The minimum Gasteiger partial charge on any atom is -0.393 e. The number of nitrogens with zero attached hydrogens (tertiary/aromatic N) is 2. The van der Waals surface area contributed by atoms with Gasteiger partial charge in [0, 0.05) is 5.56 Å². The molecule has 1 atom stereocenters. The normalized spacial score (nSPS) is 13.1. The monoisotopic (exact) mass is 674 g/mol. The van der Waals surface area contributed by atoms with Crippen LogP contribution in [-0.4, -0.2) is 85.3 Å². The highest BCUT2D eigenvalue weighted by atomic mass is 16.3. The maximum Gasteiger partial charge on any atom is 0.150 e. The molecule has 53 heavy (non-hydrogen) atoms. The number of rotatable bonds is 6. The summed E-state index contributed by atoms with van der Waals surface area (Å²) in [6, 6.07) is 43.6. The lowest BCUT2D eigenvalue weighted by Crippen LogP contribution is -2.55. The molecule has 246 valence electrons. The van der Waals surface area contributed by atoms with E-state index in [1.165, 1.54) is 76.7 Å². The summed E-state index contributed by atoms with van der Waals surface area (Å²) in [7, 11) is 19.4. The molecule has 0 saturated heterocycles. The van der Waals surface area contributed by atoms with Crippen LogP contribution in [0.3, 0.4) is 0 Å². The first-order valence-electron chi connectivity index (χ1n) is 18.7. The van der Waals surface area contributed by atoms with Crippen molar-refractivity contribution in [2.24, 2.45) is 0 Å². The zero-order chi connectivity index (χ0) is 37.4. The molecule has 0 aliphatic rings. The van der Waals surface area contributed by atoms with Crippen molar-refractivity contribution < 1.29 is 5.11 Å². The van der Waals surface area contributed by atoms with Crippen molar-refractivity contribution in [1.82, 2.24) is 9.55 Å². The van der Waals surface area contributed by atoms with Crippen molar-refractivity contribution in [1.29, 1.82) is 0 Å². The summed E-state index contributed by atoms with van der Waals surface area (Å²) < 4.78 is 2.20. The van der Waals surface area contributed by atoms with E-state index < -0.39 is 10.6 Å². The average Bonchev–Trinajstić information content (AvgIpc) is 3.56. The molecule has 0 aliphatic heterocycles. The molecular formula is C41H39B9N2O. The van der Waals surface area contributed by atoms with Crippen molar-refractivity contribution in [3.63, 3.8) is 0 Å². The van der Waals surface area contributed by atoms with Crippen molar-refractivity contribution in [2.45, 2.75) is 10.6 Å².